The highest BCUT2D eigenvalue weighted by atomic mass is 16.6. The van der Waals surface area contributed by atoms with Crippen molar-refractivity contribution < 1.29 is 19.1 Å². The van der Waals surface area contributed by atoms with Crippen molar-refractivity contribution in [1.29, 1.82) is 0 Å². The van der Waals surface area contributed by atoms with E-state index in [0.29, 0.717) is 12.1 Å². The molecule has 0 aliphatic rings. The summed E-state index contributed by atoms with van der Waals surface area (Å²) in [4.78, 5) is 38.8. The molecule has 7 nitrogen and oxygen atoms in total. The van der Waals surface area contributed by atoms with Crippen LogP contribution >= 0.6 is 0 Å². The van der Waals surface area contributed by atoms with Crippen molar-refractivity contribution in [3.63, 3.8) is 0 Å². The highest BCUT2D eigenvalue weighted by Gasteiger charge is 2.29. The van der Waals surface area contributed by atoms with E-state index < -0.39 is 23.6 Å². The van der Waals surface area contributed by atoms with Crippen LogP contribution in [0.15, 0.2) is 60.7 Å². The van der Waals surface area contributed by atoms with E-state index >= 15 is 0 Å². The van der Waals surface area contributed by atoms with Crippen molar-refractivity contribution in [1.82, 2.24) is 15.5 Å². The van der Waals surface area contributed by atoms with Gasteiger partial charge in [-0.2, -0.15) is 0 Å². The number of hydrogen-bond donors (Lipinski definition) is 2. The van der Waals surface area contributed by atoms with E-state index in [1.807, 2.05) is 48.5 Å². The van der Waals surface area contributed by atoms with Gasteiger partial charge in [-0.1, -0.05) is 60.7 Å². The number of nitrogens with one attached hydrogen (secondary N) is 2. The fourth-order valence-electron chi connectivity index (χ4n) is 2.80. The molecule has 1 unspecified atom stereocenters. The van der Waals surface area contributed by atoms with Crippen molar-refractivity contribution >= 4 is 17.9 Å². The molecule has 2 N–H and O–H groups in total. The van der Waals surface area contributed by atoms with Gasteiger partial charge in [-0.3, -0.25) is 9.59 Å². The number of carbonyl (C=O) groups excluding carboxylic acids is 3. The van der Waals surface area contributed by atoms with Crippen LogP contribution in [0.5, 0.6) is 0 Å². The molecule has 0 bridgehead atoms. The first-order valence-electron chi connectivity index (χ1n) is 9.76. The van der Waals surface area contributed by atoms with Crippen LogP contribution in [0.2, 0.25) is 0 Å². The summed E-state index contributed by atoms with van der Waals surface area (Å²) < 4.78 is 5.15. The van der Waals surface area contributed by atoms with Gasteiger partial charge in [-0.15, -0.1) is 0 Å². The van der Waals surface area contributed by atoms with Crippen molar-refractivity contribution in [2.45, 2.75) is 39.0 Å². The molecule has 1 atom stereocenters. The average molecular weight is 412 g/mol. The zero-order valence-corrected chi connectivity index (χ0v) is 17.8. The maximum atomic E-state index is 13.0. The molecule has 2 aromatic rings. The molecule has 0 radical (unpaired) electrons. The summed E-state index contributed by atoms with van der Waals surface area (Å²) in [7, 11) is 1.54. The van der Waals surface area contributed by atoms with Gasteiger partial charge in [-0.05, 0) is 31.9 Å². The van der Waals surface area contributed by atoms with E-state index in [2.05, 4.69) is 10.6 Å². The van der Waals surface area contributed by atoms with E-state index in [4.69, 9.17) is 4.74 Å². The van der Waals surface area contributed by atoms with Crippen molar-refractivity contribution in [2.75, 3.05) is 13.6 Å². The Labute approximate surface area is 177 Å². The number of benzene rings is 2. The number of nitrogens with zero attached hydrogens (tertiary/aromatic N) is 1. The predicted octanol–water partition coefficient (Wildman–Crippen LogP) is 3.03. The minimum absolute atomic E-state index is 0.277. The van der Waals surface area contributed by atoms with Crippen LogP contribution in [0, 0.1) is 0 Å². The highest BCUT2D eigenvalue weighted by Crippen LogP contribution is 2.20. The first kappa shape index (κ1) is 22.9. The van der Waals surface area contributed by atoms with Gasteiger partial charge in [-0.25, -0.2) is 4.79 Å². The van der Waals surface area contributed by atoms with Gasteiger partial charge in [0.2, 0.25) is 11.8 Å². The molecular weight excluding hydrogens is 382 g/mol. The molecule has 0 aliphatic carbocycles. The Hall–Kier alpha value is -3.35. The fraction of sp³-hybridized carbons (Fsp3) is 0.348. The van der Waals surface area contributed by atoms with Crippen LogP contribution < -0.4 is 10.6 Å². The van der Waals surface area contributed by atoms with Crippen molar-refractivity contribution in [3.8, 4) is 0 Å². The second-order valence-corrected chi connectivity index (χ2v) is 7.88. The molecular formula is C23H29N3O4. The number of likely N-dealkylation sites (N-methyl/N-ethyl adjacent to an activating group) is 1. The molecule has 0 aliphatic heterocycles. The molecule has 2 aromatic carbocycles. The fourth-order valence-corrected chi connectivity index (χ4v) is 2.80. The molecule has 0 saturated heterocycles. The van der Waals surface area contributed by atoms with Gasteiger partial charge in [0.05, 0.1) is 0 Å². The lowest BCUT2D eigenvalue weighted by Crippen LogP contribution is -2.45. The summed E-state index contributed by atoms with van der Waals surface area (Å²) in [6.07, 6.45) is -0.686. The monoisotopic (exact) mass is 411 g/mol. The Morgan fingerprint density at radius 3 is 2.07 bits per heavy atom. The number of amides is 3. The van der Waals surface area contributed by atoms with Gasteiger partial charge in [0.15, 0.2) is 0 Å². The van der Waals surface area contributed by atoms with E-state index in [1.165, 1.54) is 4.90 Å². The zero-order chi connectivity index (χ0) is 22.1. The van der Waals surface area contributed by atoms with Gasteiger partial charge in [0.1, 0.15) is 18.2 Å². The Balaban J connectivity index is 2.07. The number of carbonyl (C=O) groups is 3. The third kappa shape index (κ3) is 7.24. The second-order valence-electron chi connectivity index (χ2n) is 7.88. The Morgan fingerprint density at radius 1 is 0.933 bits per heavy atom. The minimum Gasteiger partial charge on any atom is -0.444 e. The van der Waals surface area contributed by atoms with Gasteiger partial charge in [0.25, 0.3) is 0 Å². The van der Waals surface area contributed by atoms with E-state index in [0.717, 1.165) is 5.56 Å². The lowest BCUT2D eigenvalue weighted by atomic mass is 10.0. The molecule has 160 valence electrons. The van der Waals surface area contributed by atoms with Crippen molar-refractivity contribution in [2.24, 2.45) is 0 Å². The molecule has 30 heavy (non-hydrogen) atoms. The summed E-state index contributed by atoms with van der Waals surface area (Å²) in [5, 5.41) is 5.32. The van der Waals surface area contributed by atoms with E-state index in [1.54, 1.807) is 40.0 Å². The standard InChI is InChI=1S/C23H29N3O4/c1-23(2,3)30-22(29)25-16-19(27)26(4)20(18-13-9-6-10-14-18)21(28)24-15-17-11-7-5-8-12-17/h5-14,20H,15-16H2,1-4H3,(H,24,28)(H,25,29). The van der Waals surface area contributed by atoms with Crippen LogP contribution in [-0.4, -0.2) is 42.0 Å². The Morgan fingerprint density at radius 2 is 1.50 bits per heavy atom. The van der Waals surface area contributed by atoms with E-state index in [9.17, 15) is 14.4 Å². The minimum atomic E-state index is -0.831. The molecule has 0 fully saturated rings. The number of alkyl carbamates (subject to hydrolysis) is 1. The van der Waals surface area contributed by atoms with E-state index in [-0.39, 0.29) is 12.5 Å². The third-order valence-electron chi connectivity index (χ3n) is 4.24. The van der Waals surface area contributed by atoms with Gasteiger partial charge in [0, 0.05) is 13.6 Å². The number of ether oxygens (including phenoxy) is 1. The van der Waals surface area contributed by atoms with Gasteiger partial charge >= 0.3 is 6.09 Å². The number of hydrogen-bond acceptors (Lipinski definition) is 4. The Bertz CT molecular complexity index is 848. The van der Waals surface area contributed by atoms with Gasteiger partial charge < -0.3 is 20.3 Å². The van der Waals surface area contributed by atoms with Crippen LogP contribution in [0.4, 0.5) is 4.79 Å². The van der Waals surface area contributed by atoms with Crippen molar-refractivity contribution in [3.05, 3.63) is 71.8 Å². The summed E-state index contributed by atoms with van der Waals surface area (Å²) in [6, 6.07) is 17.7. The zero-order valence-electron chi connectivity index (χ0n) is 17.8. The van der Waals surface area contributed by atoms with Crippen LogP contribution in [0.25, 0.3) is 0 Å². The molecule has 0 spiro atoms. The lowest BCUT2D eigenvalue weighted by Gasteiger charge is -2.28. The molecule has 0 heterocycles. The maximum absolute atomic E-state index is 13.0. The normalized spacial score (nSPS) is 11.9. The Kier molecular flexibility index (Phi) is 7.98. The smallest absolute Gasteiger partial charge is 0.408 e. The predicted molar refractivity (Wildman–Crippen MR) is 114 cm³/mol. The summed E-state index contributed by atoms with van der Waals surface area (Å²) >= 11 is 0. The maximum Gasteiger partial charge on any atom is 0.408 e. The molecule has 3 amide bonds. The summed E-state index contributed by atoms with van der Waals surface area (Å²) in [5.41, 5.74) is 0.970. The summed E-state index contributed by atoms with van der Waals surface area (Å²) in [6.45, 7) is 5.29. The summed E-state index contributed by atoms with van der Waals surface area (Å²) in [5.74, 6) is -0.720. The third-order valence-corrected chi connectivity index (χ3v) is 4.24. The largest absolute Gasteiger partial charge is 0.444 e. The molecule has 0 saturated carbocycles. The SMILES string of the molecule is CN(C(=O)CNC(=O)OC(C)(C)C)C(C(=O)NCc1ccccc1)c1ccccc1. The van der Waals surface area contributed by atoms with Crippen LogP contribution in [0.3, 0.4) is 0 Å². The average Bonchev–Trinajstić information content (AvgIpc) is 2.71. The molecule has 0 aromatic heterocycles. The first-order chi connectivity index (χ1) is 14.2. The topological polar surface area (TPSA) is 87.7 Å². The molecule has 7 heteroatoms. The lowest BCUT2D eigenvalue weighted by molar-refractivity contribution is -0.138. The van der Waals surface area contributed by atoms with Crippen LogP contribution in [-0.2, 0) is 20.9 Å². The highest BCUT2D eigenvalue weighted by molar-refractivity contribution is 5.90. The second kappa shape index (κ2) is 10.4. The molecule has 2 rings (SSSR count). The number of rotatable bonds is 7. The van der Waals surface area contributed by atoms with Crippen LogP contribution in [0.1, 0.15) is 37.9 Å². The first-order valence-corrected chi connectivity index (χ1v) is 9.76. The quantitative estimate of drug-likeness (QED) is 0.733.